The molecule has 8 nitrogen and oxygen atoms in total. The summed E-state index contributed by atoms with van der Waals surface area (Å²) in [6, 6.07) is 14.2. The molecule has 2 aromatic rings. The number of anilines is 1. The third kappa shape index (κ3) is 5.30. The minimum Gasteiger partial charge on any atom is -0.343 e. The lowest BCUT2D eigenvalue weighted by molar-refractivity contribution is -0.114. The second kappa shape index (κ2) is 8.41. The number of carbonyl (C=O) groups excluding carboxylic acids is 1. The number of sulfonamides is 1. The van der Waals surface area contributed by atoms with Crippen LogP contribution < -0.4 is 15.4 Å². The van der Waals surface area contributed by atoms with Crippen molar-refractivity contribution in [2.24, 2.45) is 4.99 Å². The van der Waals surface area contributed by atoms with Gasteiger partial charge in [-0.05, 0) is 36.8 Å². The van der Waals surface area contributed by atoms with Gasteiger partial charge in [-0.15, -0.1) is 0 Å². The van der Waals surface area contributed by atoms with Crippen molar-refractivity contribution in [3.05, 3.63) is 59.7 Å². The van der Waals surface area contributed by atoms with E-state index in [0.717, 1.165) is 6.54 Å². The van der Waals surface area contributed by atoms with E-state index in [1.807, 2.05) is 6.92 Å². The van der Waals surface area contributed by atoms with Crippen LogP contribution in [-0.2, 0) is 21.4 Å². The van der Waals surface area contributed by atoms with Gasteiger partial charge in [-0.1, -0.05) is 29.8 Å². The van der Waals surface area contributed by atoms with Gasteiger partial charge in [0.15, 0.2) is 0 Å². The molecule has 1 aliphatic heterocycles. The van der Waals surface area contributed by atoms with Crippen LogP contribution in [0, 0.1) is 6.92 Å². The lowest BCUT2D eigenvalue weighted by Crippen LogP contribution is -2.49. The molecule has 0 bridgehead atoms. The van der Waals surface area contributed by atoms with E-state index < -0.39 is 10.0 Å². The summed E-state index contributed by atoms with van der Waals surface area (Å²) < 4.78 is 27.5. The van der Waals surface area contributed by atoms with Crippen molar-refractivity contribution in [1.29, 1.82) is 0 Å². The van der Waals surface area contributed by atoms with Gasteiger partial charge >= 0.3 is 0 Å². The summed E-state index contributed by atoms with van der Waals surface area (Å²) in [7, 11) is -3.76. The summed E-state index contributed by atoms with van der Waals surface area (Å²) in [5, 5.41) is 5.59. The van der Waals surface area contributed by atoms with Crippen molar-refractivity contribution in [2.75, 3.05) is 18.7 Å². The highest BCUT2D eigenvalue weighted by molar-refractivity contribution is 7.90. The minimum absolute atomic E-state index is 0.0909. The Kier molecular flexibility index (Phi) is 5.96. The average molecular weight is 401 g/mol. The number of aryl methyl sites for hydroxylation is 1. The van der Waals surface area contributed by atoms with Gasteiger partial charge in [-0.2, -0.15) is 0 Å². The highest BCUT2D eigenvalue weighted by Gasteiger charge is 2.19. The lowest BCUT2D eigenvalue weighted by Gasteiger charge is -2.27. The Hall–Kier alpha value is -2.91. The molecule has 1 aliphatic rings. The van der Waals surface area contributed by atoms with Crippen LogP contribution in [0.5, 0.6) is 0 Å². The number of guanidine groups is 1. The number of rotatable bonds is 5. The van der Waals surface area contributed by atoms with Crippen LogP contribution in [-0.4, -0.2) is 38.5 Å². The molecule has 0 atom stereocenters. The Morgan fingerprint density at radius 3 is 2.39 bits per heavy atom. The zero-order chi connectivity index (χ0) is 20.1. The maximum atomic E-state index is 12.5. The van der Waals surface area contributed by atoms with Crippen LogP contribution >= 0.6 is 0 Å². The highest BCUT2D eigenvalue weighted by atomic mass is 32.2. The Bertz CT molecular complexity index is 970. The minimum atomic E-state index is -3.76. The SMILES string of the molecule is CC(=O)Nc1ccc(S(=O)(=O)NC2=NCN(Cc3ccc(C)cc3)CN2)cc1. The maximum absolute atomic E-state index is 12.5. The molecule has 0 unspecified atom stereocenters. The predicted octanol–water partition coefficient (Wildman–Crippen LogP) is 1.61. The first kappa shape index (κ1) is 19.8. The van der Waals surface area contributed by atoms with Crippen molar-refractivity contribution in [3.63, 3.8) is 0 Å². The van der Waals surface area contributed by atoms with Gasteiger partial charge in [0.05, 0.1) is 18.2 Å². The van der Waals surface area contributed by atoms with Crippen molar-refractivity contribution in [2.45, 2.75) is 25.3 Å². The van der Waals surface area contributed by atoms with E-state index in [-0.39, 0.29) is 16.8 Å². The molecule has 0 fully saturated rings. The summed E-state index contributed by atoms with van der Waals surface area (Å²) in [6.45, 7) is 5.03. The summed E-state index contributed by atoms with van der Waals surface area (Å²) in [4.78, 5) is 17.5. The van der Waals surface area contributed by atoms with Gasteiger partial charge in [-0.25, -0.2) is 18.1 Å². The van der Waals surface area contributed by atoms with Crippen molar-refractivity contribution in [1.82, 2.24) is 14.9 Å². The van der Waals surface area contributed by atoms with Crippen LogP contribution in [0.4, 0.5) is 5.69 Å². The monoisotopic (exact) mass is 401 g/mol. The molecule has 0 saturated heterocycles. The van der Waals surface area contributed by atoms with Crippen LogP contribution in [0.3, 0.4) is 0 Å². The number of nitrogens with zero attached hydrogens (tertiary/aromatic N) is 2. The van der Waals surface area contributed by atoms with Gasteiger partial charge in [0, 0.05) is 19.2 Å². The Labute approximate surface area is 164 Å². The molecule has 0 radical (unpaired) electrons. The Balaban J connectivity index is 1.59. The fourth-order valence-electron chi connectivity index (χ4n) is 2.70. The van der Waals surface area contributed by atoms with Crippen LogP contribution in [0.25, 0.3) is 0 Å². The van der Waals surface area contributed by atoms with E-state index in [1.54, 1.807) is 0 Å². The van der Waals surface area contributed by atoms with Crippen LogP contribution in [0.1, 0.15) is 18.1 Å². The fraction of sp³-hybridized carbons (Fsp3) is 0.263. The van der Waals surface area contributed by atoms with E-state index in [9.17, 15) is 13.2 Å². The molecule has 3 rings (SSSR count). The first-order valence-corrected chi connectivity index (χ1v) is 10.3. The number of carbonyl (C=O) groups is 1. The first-order chi connectivity index (χ1) is 13.3. The molecule has 1 amide bonds. The fourth-order valence-corrected chi connectivity index (χ4v) is 3.70. The Morgan fingerprint density at radius 2 is 1.82 bits per heavy atom. The number of benzene rings is 2. The van der Waals surface area contributed by atoms with Crippen molar-refractivity contribution >= 4 is 27.6 Å². The number of aliphatic imine (C=N–C) groups is 1. The largest absolute Gasteiger partial charge is 0.343 e. The number of nitrogens with one attached hydrogen (secondary N) is 3. The maximum Gasteiger partial charge on any atom is 0.264 e. The predicted molar refractivity (Wildman–Crippen MR) is 108 cm³/mol. The third-order valence-electron chi connectivity index (χ3n) is 4.14. The summed E-state index contributed by atoms with van der Waals surface area (Å²) in [5.41, 5.74) is 2.91. The van der Waals surface area contributed by atoms with Gasteiger partial charge in [0.1, 0.15) is 0 Å². The number of hydrogen-bond acceptors (Lipinski definition) is 6. The number of amides is 1. The van der Waals surface area contributed by atoms with Gasteiger partial charge in [0.25, 0.3) is 10.0 Å². The molecular formula is C19H23N5O3S. The zero-order valence-corrected chi connectivity index (χ0v) is 16.6. The van der Waals surface area contributed by atoms with Gasteiger partial charge in [-0.3, -0.25) is 9.69 Å². The molecule has 1 heterocycles. The molecule has 2 aromatic carbocycles. The van der Waals surface area contributed by atoms with E-state index in [0.29, 0.717) is 19.0 Å². The van der Waals surface area contributed by atoms with Crippen molar-refractivity contribution in [3.8, 4) is 0 Å². The smallest absolute Gasteiger partial charge is 0.264 e. The molecule has 9 heteroatoms. The van der Waals surface area contributed by atoms with Gasteiger partial charge < -0.3 is 10.6 Å². The summed E-state index contributed by atoms with van der Waals surface area (Å²) >= 11 is 0. The normalized spacial score (nSPS) is 14.7. The lowest BCUT2D eigenvalue weighted by atomic mass is 10.1. The first-order valence-electron chi connectivity index (χ1n) is 8.78. The van der Waals surface area contributed by atoms with E-state index in [1.165, 1.54) is 42.3 Å². The van der Waals surface area contributed by atoms with Gasteiger partial charge in [0.2, 0.25) is 11.9 Å². The molecule has 0 saturated carbocycles. The quantitative estimate of drug-likeness (QED) is 0.706. The standard InChI is InChI=1S/C19H23N5O3S/c1-14-3-5-16(6-4-14)11-24-12-20-19(21-13-24)23-28(26,27)18-9-7-17(8-10-18)22-15(2)25/h3-10H,11-13H2,1-2H3,(H,22,25)(H2,20,21,23). The number of hydrogen-bond donors (Lipinski definition) is 3. The average Bonchev–Trinajstić information content (AvgIpc) is 2.65. The molecule has 0 aromatic heterocycles. The van der Waals surface area contributed by atoms with E-state index >= 15 is 0 Å². The Morgan fingerprint density at radius 1 is 1.14 bits per heavy atom. The molecule has 0 spiro atoms. The molecule has 3 N–H and O–H groups in total. The van der Waals surface area contributed by atoms with E-state index in [2.05, 4.69) is 49.5 Å². The third-order valence-corrected chi connectivity index (χ3v) is 5.50. The highest BCUT2D eigenvalue weighted by Crippen LogP contribution is 2.14. The van der Waals surface area contributed by atoms with Crippen molar-refractivity contribution < 1.29 is 13.2 Å². The summed E-state index contributed by atoms with van der Waals surface area (Å²) in [5.74, 6) is -0.00391. The summed E-state index contributed by atoms with van der Waals surface area (Å²) in [6.07, 6.45) is 0. The van der Waals surface area contributed by atoms with E-state index in [4.69, 9.17) is 0 Å². The zero-order valence-electron chi connectivity index (χ0n) is 15.8. The van der Waals surface area contributed by atoms with Crippen LogP contribution in [0.2, 0.25) is 0 Å². The topological polar surface area (TPSA) is 103 Å². The molecule has 148 valence electrons. The van der Waals surface area contributed by atoms with Crippen LogP contribution in [0.15, 0.2) is 58.4 Å². The second-order valence-corrected chi connectivity index (χ2v) is 8.29. The molecular weight excluding hydrogens is 378 g/mol. The second-order valence-electron chi connectivity index (χ2n) is 6.61. The molecule has 0 aliphatic carbocycles. The molecule has 28 heavy (non-hydrogen) atoms.